The highest BCUT2D eigenvalue weighted by Gasteiger charge is 2.52. The smallest absolute Gasteiger partial charge is 0.250 e. The van der Waals surface area contributed by atoms with Crippen LogP contribution in [0.2, 0.25) is 0 Å². The van der Waals surface area contributed by atoms with E-state index in [9.17, 15) is 9.59 Å². The molecule has 0 bridgehead atoms. The molecule has 2 heterocycles. The Balaban J connectivity index is 1.35. The number of hydrogen-bond acceptors (Lipinski definition) is 5. The second-order valence-corrected chi connectivity index (χ2v) is 8.76. The third kappa shape index (κ3) is 3.60. The van der Waals surface area contributed by atoms with E-state index in [1.54, 1.807) is 4.90 Å². The summed E-state index contributed by atoms with van der Waals surface area (Å²) < 4.78 is 11.9. The van der Waals surface area contributed by atoms with Crippen LogP contribution in [-0.4, -0.2) is 54.6 Å². The van der Waals surface area contributed by atoms with Crippen LogP contribution in [0.1, 0.15) is 32.6 Å². The molecule has 2 aromatic carbocycles. The Kier molecular flexibility index (Phi) is 5.51. The second-order valence-electron chi connectivity index (χ2n) is 8.76. The first-order valence-corrected chi connectivity index (χ1v) is 11.4. The zero-order chi connectivity index (χ0) is 22.1. The average Bonchev–Trinajstić information content (AvgIpc) is 3.29. The Hall–Kier alpha value is -3.06. The number of fused-ring (bicyclic) bond motifs is 2. The summed E-state index contributed by atoms with van der Waals surface area (Å²) in [5, 5.41) is 3.04. The number of para-hydroxylation sites is 4. The molecule has 1 N–H and O–H groups in total. The number of anilines is 2. The molecule has 3 aliphatic rings. The Morgan fingerprint density at radius 3 is 2.62 bits per heavy atom. The number of rotatable bonds is 5. The number of benzene rings is 2. The molecule has 1 unspecified atom stereocenters. The molecule has 7 nitrogen and oxygen atoms in total. The van der Waals surface area contributed by atoms with Gasteiger partial charge in [0.1, 0.15) is 18.2 Å². The van der Waals surface area contributed by atoms with Crippen molar-refractivity contribution in [1.29, 1.82) is 0 Å². The summed E-state index contributed by atoms with van der Waals surface area (Å²) >= 11 is 0. The van der Waals surface area contributed by atoms with E-state index in [4.69, 9.17) is 9.47 Å². The van der Waals surface area contributed by atoms with Gasteiger partial charge in [0, 0.05) is 6.54 Å². The lowest BCUT2D eigenvalue weighted by Crippen LogP contribution is -2.62. The van der Waals surface area contributed by atoms with E-state index in [2.05, 4.69) is 10.2 Å². The van der Waals surface area contributed by atoms with E-state index < -0.39 is 5.54 Å². The van der Waals surface area contributed by atoms with E-state index in [1.165, 1.54) is 0 Å². The van der Waals surface area contributed by atoms with Crippen molar-refractivity contribution in [1.82, 2.24) is 4.90 Å². The number of likely N-dealkylation sites (N-methyl/N-ethyl adjacent to an activating group) is 1. The Morgan fingerprint density at radius 1 is 1.12 bits per heavy atom. The van der Waals surface area contributed by atoms with E-state index in [0.717, 1.165) is 30.0 Å². The fourth-order valence-corrected chi connectivity index (χ4v) is 5.14. The van der Waals surface area contributed by atoms with E-state index >= 15 is 0 Å². The van der Waals surface area contributed by atoms with Crippen LogP contribution < -0.4 is 19.7 Å². The van der Waals surface area contributed by atoms with Crippen molar-refractivity contribution in [2.45, 2.75) is 44.2 Å². The lowest BCUT2D eigenvalue weighted by molar-refractivity contribution is -0.128. The SMILES string of the molecule is CCN(CC(=O)N1c2ccccc2NC(=O)C12CCCC2)CC1COc2ccccc2O1. The largest absolute Gasteiger partial charge is 0.486 e. The predicted octanol–water partition coefficient (Wildman–Crippen LogP) is 3.45. The third-order valence-electron chi connectivity index (χ3n) is 6.76. The molecular formula is C25H29N3O4. The van der Waals surface area contributed by atoms with E-state index in [1.807, 2.05) is 55.5 Å². The molecule has 0 aromatic heterocycles. The Labute approximate surface area is 188 Å². The van der Waals surface area contributed by atoms with E-state index in [0.29, 0.717) is 38.2 Å². The maximum absolute atomic E-state index is 13.7. The quantitative estimate of drug-likeness (QED) is 0.779. The minimum atomic E-state index is -0.783. The molecule has 0 radical (unpaired) electrons. The summed E-state index contributed by atoms with van der Waals surface area (Å²) in [5.74, 6) is 1.37. The van der Waals surface area contributed by atoms with Gasteiger partial charge in [-0.15, -0.1) is 0 Å². The number of carbonyl (C=O) groups excluding carboxylic acids is 2. The maximum atomic E-state index is 13.7. The van der Waals surface area contributed by atoms with Crippen molar-refractivity contribution >= 4 is 23.2 Å². The molecule has 1 aliphatic carbocycles. The lowest BCUT2D eigenvalue weighted by atomic mass is 9.89. The van der Waals surface area contributed by atoms with Crippen molar-refractivity contribution in [3.8, 4) is 11.5 Å². The minimum Gasteiger partial charge on any atom is -0.486 e. The average molecular weight is 436 g/mol. The van der Waals surface area contributed by atoms with Crippen molar-refractivity contribution in [2.75, 3.05) is 36.5 Å². The summed E-state index contributed by atoms with van der Waals surface area (Å²) in [6, 6.07) is 15.2. The van der Waals surface area contributed by atoms with Gasteiger partial charge in [-0.25, -0.2) is 0 Å². The molecule has 0 saturated heterocycles. The molecule has 2 aromatic rings. The Bertz CT molecular complexity index is 1020. The van der Waals surface area contributed by atoms with Crippen LogP contribution in [0.3, 0.4) is 0 Å². The number of nitrogens with one attached hydrogen (secondary N) is 1. The highest BCUT2D eigenvalue weighted by Crippen LogP contribution is 2.45. The monoisotopic (exact) mass is 435 g/mol. The van der Waals surface area contributed by atoms with Crippen molar-refractivity contribution in [3.05, 3.63) is 48.5 Å². The van der Waals surface area contributed by atoms with Gasteiger partial charge >= 0.3 is 0 Å². The van der Waals surface area contributed by atoms with Gasteiger partial charge in [-0.3, -0.25) is 19.4 Å². The molecule has 7 heteroatoms. The van der Waals surface area contributed by atoms with Crippen molar-refractivity contribution in [2.24, 2.45) is 0 Å². The standard InChI is InChI=1S/C25H29N3O4/c1-2-27(15-18-17-31-21-11-5-6-12-22(21)32-18)16-23(29)28-20-10-4-3-9-19(20)26-24(30)25(28)13-7-8-14-25/h3-6,9-12,18H,2,7-8,13-17H2,1H3,(H,26,30). The molecule has 168 valence electrons. The number of carbonyl (C=O) groups is 2. The van der Waals surface area contributed by atoms with Gasteiger partial charge in [0.25, 0.3) is 5.91 Å². The van der Waals surface area contributed by atoms with E-state index in [-0.39, 0.29) is 24.5 Å². The first kappa shape index (κ1) is 20.8. The normalized spacial score (nSPS) is 20.9. The molecule has 2 aliphatic heterocycles. The molecule has 1 spiro atoms. The second kappa shape index (κ2) is 8.47. The zero-order valence-corrected chi connectivity index (χ0v) is 18.4. The molecule has 5 rings (SSSR count). The molecular weight excluding hydrogens is 406 g/mol. The molecule has 1 fully saturated rings. The van der Waals surface area contributed by atoms with Crippen molar-refractivity contribution < 1.29 is 19.1 Å². The van der Waals surface area contributed by atoms with Gasteiger partial charge in [-0.2, -0.15) is 0 Å². The highest BCUT2D eigenvalue weighted by molar-refractivity contribution is 6.15. The number of nitrogens with zero attached hydrogens (tertiary/aromatic N) is 2. The fraction of sp³-hybridized carbons (Fsp3) is 0.440. The van der Waals surface area contributed by atoms with Gasteiger partial charge in [0.15, 0.2) is 11.5 Å². The first-order valence-electron chi connectivity index (χ1n) is 11.4. The molecule has 2 amide bonds. The van der Waals surface area contributed by atoms with Crippen LogP contribution in [0.25, 0.3) is 0 Å². The zero-order valence-electron chi connectivity index (χ0n) is 18.4. The van der Waals surface area contributed by atoms with Gasteiger partial charge in [0.2, 0.25) is 5.91 Å². The van der Waals surface area contributed by atoms with Crippen LogP contribution in [-0.2, 0) is 9.59 Å². The van der Waals surface area contributed by atoms with Crippen LogP contribution in [0, 0.1) is 0 Å². The summed E-state index contributed by atoms with van der Waals surface area (Å²) in [4.78, 5) is 30.7. The maximum Gasteiger partial charge on any atom is 0.250 e. The molecule has 1 atom stereocenters. The lowest BCUT2D eigenvalue weighted by Gasteiger charge is -2.45. The fourth-order valence-electron chi connectivity index (χ4n) is 5.14. The first-order chi connectivity index (χ1) is 15.6. The number of hydrogen-bond donors (Lipinski definition) is 1. The molecule has 1 saturated carbocycles. The minimum absolute atomic E-state index is 0.0480. The highest BCUT2D eigenvalue weighted by atomic mass is 16.6. The summed E-state index contributed by atoms with van der Waals surface area (Å²) in [7, 11) is 0. The summed E-state index contributed by atoms with van der Waals surface area (Å²) in [6.07, 6.45) is 3.13. The predicted molar refractivity (Wildman–Crippen MR) is 122 cm³/mol. The van der Waals surface area contributed by atoms with Crippen LogP contribution in [0.5, 0.6) is 11.5 Å². The summed E-state index contributed by atoms with van der Waals surface area (Å²) in [5.41, 5.74) is 0.710. The van der Waals surface area contributed by atoms with Gasteiger partial charge in [-0.05, 0) is 43.7 Å². The summed E-state index contributed by atoms with van der Waals surface area (Å²) in [6.45, 7) is 3.97. The van der Waals surface area contributed by atoms with Gasteiger partial charge < -0.3 is 14.8 Å². The van der Waals surface area contributed by atoms with Crippen LogP contribution in [0.15, 0.2) is 48.5 Å². The van der Waals surface area contributed by atoms with Crippen LogP contribution >= 0.6 is 0 Å². The Morgan fingerprint density at radius 2 is 1.84 bits per heavy atom. The molecule has 32 heavy (non-hydrogen) atoms. The van der Waals surface area contributed by atoms with Crippen molar-refractivity contribution in [3.63, 3.8) is 0 Å². The van der Waals surface area contributed by atoms with Crippen LogP contribution in [0.4, 0.5) is 11.4 Å². The number of amides is 2. The van der Waals surface area contributed by atoms with Gasteiger partial charge in [0.05, 0.1) is 17.9 Å². The van der Waals surface area contributed by atoms with Gasteiger partial charge in [-0.1, -0.05) is 44.0 Å². The third-order valence-corrected chi connectivity index (χ3v) is 6.76. The topological polar surface area (TPSA) is 71.1 Å². The number of ether oxygens (including phenoxy) is 2.